The van der Waals surface area contributed by atoms with Gasteiger partial charge >= 0.3 is 0 Å². The standard InChI is InChI=1S/C12H13N5S/c1-8-4-3-5-11-15-12(16-17(8)11)13-6-10-9(2)14-7-18-10/h3-5,7H,6H2,1-2H3,(H,13,16). The van der Waals surface area contributed by atoms with Crippen LogP contribution < -0.4 is 5.32 Å². The molecule has 0 spiro atoms. The van der Waals surface area contributed by atoms with Crippen molar-refractivity contribution in [2.45, 2.75) is 20.4 Å². The number of fused-ring (bicyclic) bond motifs is 1. The van der Waals surface area contributed by atoms with E-state index < -0.39 is 0 Å². The molecule has 0 aromatic carbocycles. The van der Waals surface area contributed by atoms with E-state index in [-0.39, 0.29) is 0 Å². The maximum atomic E-state index is 4.43. The van der Waals surface area contributed by atoms with Crippen LogP contribution in [-0.2, 0) is 6.54 Å². The lowest BCUT2D eigenvalue weighted by Gasteiger charge is -1.99. The highest BCUT2D eigenvalue weighted by molar-refractivity contribution is 7.09. The number of nitrogens with zero attached hydrogens (tertiary/aromatic N) is 4. The number of pyridine rings is 1. The fraction of sp³-hybridized carbons (Fsp3) is 0.250. The minimum Gasteiger partial charge on any atom is -0.348 e. The van der Waals surface area contributed by atoms with Gasteiger partial charge in [-0.2, -0.15) is 4.98 Å². The van der Waals surface area contributed by atoms with Gasteiger partial charge in [0.25, 0.3) is 0 Å². The summed E-state index contributed by atoms with van der Waals surface area (Å²) in [5.41, 5.74) is 4.85. The van der Waals surface area contributed by atoms with Crippen molar-refractivity contribution < 1.29 is 0 Å². The number of hydrogen-bond acceptors (Lipinski definition) is 5. The van der Waals surface area contributed by atoms with Gasteiger partial charge in [-0.3, -0.25) is 0 Å². The van der Waals surface area contributed by atoms with Crippen LogP contribution in [-0.4, -0.2) is 19.6 Å². The topological polar surface area (TPSA) is 55.1 Å². The second-order valence-electron chi connectivity index (χ2n) is 4.09. The Morgan fingerprint density at radius 3 is 2.94 bits per heavy atom. The molecular formula is C12H13N5S. The van der Waals surface area contributed by atoms with E-state index in [0.29, 0.717) is 12.5 Å². The van der Waals surface area contributed by atoms with Gasteiger partial charge in [0, 0.05) is 10.6 Å². The van der Waals surface area contributed by atoms with E-state index in [2.05, 4.69) is 20.4 Å². The summed E-state index contributed by atoms with van der Waals surface area (Å²) in [6.45, 7) is 4.74. The van der Waals surface area contributed by atoms with Gasteiger partial charge in [-0.1, -0.05) is 6.07 Å². The van der Waals surface area contributed by atoms with Gasteiger partial charge in [0.05, 0.1) is 17.7 Å². The fourth-order valence-electron chi connectivity index (χ4n) is 1.77. The highest BCUT2D eigenvalue weighted by Gasteiger charge is 2.06. The summed E-state index contributed by atoms with van der Waals surface area (Å²) in [7, 11) is 0. The third-order valence-electron chi connectivity index (χ3n) is 2.80. The van der Waals surface area contributed by atoms with E-state index in [1.165, 1.54) is 4.88 Å². The molecule has 3 aromatic rings. The number of aryl methyl sites for hydroxylation is 2. The van der Waals surface area contributed by atoms with Crippen LogP contribution in [0.1, 0.15) is 16.3 Å². The van der Waals surface area contributed by atoms with E-state index in [9.17, 15) is 0 Å². The summed E-state index contributed by atoms with van der Waals surface area (Å²) in [5, 5.41) is 7.65. The number of aromatic nitrogens is 4. The first-order valence-electron chi connectivity index (χ1n) is 5.69. The Balaban J connectivity index is 1.83. The number of thiazole rings is 1. The van der Waals surface area contributed by atoms with Crippen LogP contribution in [0.15, 0.2) is 23.7 Å². The van der Waals surface area contributed by atoms with Crippen LogP contribution in [0.2, 0.25) is 0 Å². The third kappa shape index (κ3) is 1.95. The molecule has 3 rings (SSSR count). The first-order valence-corrected chi connectivity index (χ1v) is 6.57. The van der Waals surface area contributed by atoms with Crippen molar-refractivity contribution in [3.8, 4) is 0 Å². The summed E-state index contributed by atoms with van der Waals surface area (Å²) >= 11 is 1.64. The predicted molar refractivity (Wildman–Crippen MR) is 71.9 cm³/mol. The van der Waals surface area contributed by atoms with Gasteiger partial charge in [0.1, 0.15) is 0 Å². The van der Waals surface area contributed by atoms with Crippen LogP contribution in [0.5, 0.6) is 0 Å². The second-order valence-corrected chi connectivity index (χ2v) is 5.03. The van der Waals surface area contributed by atoms with Crippen molar-refractivity contribution in [2.75, 3.05) is 5.32 Å². The predicted octanol–water partition coefficient (Wildman–Crippen LogP) is 2.41. The molecule has 3 aromatic heterocycles. The molecule has 0 fully saturated rings. The van der Waals surface area contributed by atoms with Crippen LogP contribution in [0, 0.1) is 13.8 Å². The van der Waals surface area contributed by atoms with Gasteiger partial charge < -0.3 is 5.32 Å². The van der Waals surface area contributed by atoms with E-state index in [0.717, 1.165) is 17.0 Å². The quantitative estimate of drug-likeness (QED) is 0.784. The van der Waals surface area contributed by atoms with Gasteiger partial charge in [-0.25, -0.2) is 9.50 Å². The molecule has 0 radical (unpaired) electrons. The van der Waals surface area contributed by atoms with Crippen molar-refractivity contribution in [1.82, 2.24) is 19.6 Å². The molecule has 1 N–H and O–H groups in total. The SMILES string of the molecule is Cc1ncsc1CNc1nc2cccc(C)n2n1. The molecule has 0 amide bonds. The summed E-state index contributed by atoms with van der Waals surface area (Å²) in [5.74, 6) is 0.650. The first kappa shape index (κ1) is 11.2. The first-order chi connectivity index (χ1) is 8.74. The zero-order chi connectivity index (χ0) is 12.5. The molecule has 5 nitrogen and oxygen atoms in total. The van der Waals surface area contributed by atoms with E-state index in [4.69, 9.17) is 0 Å². The molecule has 0 saturated heterocycles. The van der Waals surface area contributed by atoms with Crippen molar-refractivity contribution in [3.63, 3.8) is 0 Å². The fourth-order valence-corrected chi connectivity index (χ4v) is 2.48. The Bertz CT molecular complexity index is 685. The third-order valence-corrected chi connectivity index (χ3v) is 3.74. The molecule has 3 heterocycles. The number of nitrogens with one attached hydrogen (secondary N) is 1. The van der Waals surface area contributed by atoms with Gasteiger partial charge in [-0.15, -0.1) is 16.4 Å². The minimum atomic E-state index is 0.650. The number of rotatable bonds is 3. The molecule has 92 valence electrons. The minimum absolute atomic E-state index is 0.650. The Kier molecular flexibility index (Phi) is 2.71. The Hall–Kier alpha value is -1.95. The highest BCUT2D eigenvalue weighted by Crippen LogP contribution is 2.14. The van der Waals surface area contributed by atoms with Gasteiger partial charge in [0.2, 0.25) is 5.95 Å². The Morgan fingerprint density at radius 1 is 1.33 bits per heavy atom. The van der Waals surface area contributed by atoms with Crippen molar-refractivity contribution in [2.24, 2.45) is 0 Å². The maximum Gasteiger partial charge on any atom is 0.243 e. The largest absolute Gasteiger partial charge is 0.348 e. The zero-order valence-corrected chi connectivity index (χ0v) is 11.0. The molecule has 0 aliphatic heterocycles. The van der Waals surface area contributed by atoms with Gasteiger partial charge in [0.15, 0.2) is 5.65 Å². The second kappa shape index (κ2) is 4.38. The molecule has 0 unspecified atom stereocenters. The molecule has 0 aliphatic carbocycles. The summed E-state index contributed by atoms with van der Waals surface area (Å²) in [4.78, 5) is 9.86. The van der Waals surface area contributed by atoms with Crippen LogP contribution in [0.25, 0.3) is 5.65 Å². The van der Waals surface area contributed by atoms with Crippen LogP contribution in [0.3, 0.4) is 0 Å². The smallest absolute Gasteiger partial charge is 0.243 e. The van der Waals surface area contributed by atoms with Crippen LogP contribution >= 0.6 is 11.3 Å². The number of hydrogen-bond donors (Lipinski definition) is 1. The molecule has 18 heavy (non-hydrogen) atoms. The molecule has 6 heteroatoms. The Labute approximate surface area is 109 Å². The summed E-state index contributed by atoms with van der Waals surface area (Å²) in [6, 6.07) is 5.94. The number of anilines is 1. The molecule has 0 bridgehead atoms. The van der Waals surface area contributed by atoms with Crippen molar-refractivity contribution in [3.05, 3.63) is 40.0 Å². The van der Waals surface area contributed by atoms with Crippen molar-refractivity contribution in [1.29, 1.82) is 0 Å². The van der Waals surface area contributed by atoms with Crippen LogP contribution in [0.4, 0.5) is 5.95 Å². The highest BCUT2D eigenvalue weighted by atomic mass is 32.1. The molecule has 0 saturated carbocycles. The van der Waals surface area contributed by atoms with Crippen molar-refractivity contribution >= 4 is 22.9 Å². The normalized spacial score (nSPS) is 11.0. The van der Waals surface area contributed by atoms with E-state index >= 15 is 0 Å². The lowest BCUT2D eigenvalue weighted by Crippen LogP contribution is -2.01. The van der Waals surface area contributed by atoms with E-state index in [1.807, 2.05) is 42.1 Å². The average Bonchev–Trinajstić information content (AvgIpc) is 2.93. The Morgan fingerprint density at radius 2 is 2.22 bits per heavy atom. The monoisotopic (exact) mass is 259 g/mol. The molecular weight excluding hydrogens is 246 g/mol. The summed E-state index contributed by atoms with van der Waals surface area (Å²) in [6.07, 6.45) is 0. The lowest BCUT2D eigenvalue weighted by molar-refractivity contribution is 0.909. The van der Waals surface area contributed by atoms with Gasteiger partial charge in [-0.05, 0) is 26.0 Å². The summed E-state index contributed by atoms with van der Waals surface area (Å²) < 4.78 is 1.84. The molecule has 0 aliphatic rings. The maximum absolute atomic E-state index is 4.43. The lowest BCUT2D eigenvalue weighted by atomic mass is 10.4. The average molecular weight is 259 g/mol. The van der Waals surface area contributed by atoms with E-state index in [1.54, 1.807) is 11.3 Å². The molecule has 0 atom stereocenters. The zero-order valence-electron chi connectivity index (χ0n) is 10.2.